The maximum absolute atomic E-state index is 13.0. The standard InChI is InChI=1S/C24H26Br2N6O3/c25-18-11-16(12-19(26)14-18)15-35-24(34)32-9-7-30(8-10-32)20-3-5-31(6-4-20)23(33)17-1-2-21-22(13-17)28-29-27-21/h1-2,11-14,20H,3-10,15H2,(H,27,28,29). The molecule has 2 aromatic carbocycles. The Labute approximate surface area is 220 Å². The highest BCUT2D eigenvalue weighted by Gasteiger charge is 2.31. The number of carbonyl (C=O) groups is 2. The Morgan fingerprint density at radius 1 is 0.886 bits per heavy atom. The van der Waals surface area contributed by atoms with Crippen molar-refractivity contribution in [1.29, 1.82) is 0 Å². The van der Waals surface area contributed by atoms with Crippen LogP contribution in [-0.4, -0.2) is 87.4 Å². The summed E-state index contributed by atoms with van der Waals surface area (Å²) in [6, 6.07) is 11.7. The Morgan fingerprint density at radius 3 is 2.29 bits per heavy atom. The van der Waals surface area contributed by atoms with Gasteiger partial charge in [0.15, 0.2) is 0 Å². The van der Waals surface area contributed by atoms with Gasteiger partial charge in [-0.15, -0.1) is 0 Å². The van der Waals surface area contributed by atoms with E-state index < -0.39 is 0 Å². The minimum atomic E-state index is -0.273. The first-order valence-corrected chi connectivity index (χ1v) is 13.3. The zero-order valence-electron chi connectivity index (χ0n) is 19.1. The third-order valence-electron chi connectivity index (χ3n) is 6.69. The summed E-state index contributed by atoms with van der Waals surface area (Å²) in [5.41, 5.74) is 3.03. The summed E-state index contributed by atoms with van der Waals surface area (Å²) in [5.74, 6) is 0.0402. The van der Waals surface area contributed by atoms with Crippen LogP contribution in [0, 0.1) is 0 Å². The molecule has 2 amide bonds. The van der Waals surface area contributed by atoms with Crippen LogP contribution in [0.5, 0.6) is 0 Å². The smallest absolute Gasteiger partial charge is 0.410 e. The van der Waals surface area contributed by atoms with Crippen molar-refractivity contribution in [2.75, 3.05) is 39.3 Å². The molecule has 0 spiro atoms. The number of hydrogen-bond acceptors (Lipinski definition) is 6. The zero-order chi connectivity index (χ0) is 24.4. The molecule has 1 aromatic heterocycles. The third kappa shape index (κ3) is 5.68. The molecule has 0 aliphatic carbocycles. The van der Waals surface area contributed by atoms with E-state index in [2.05, 4.69) is 52.2 Å². The van der Waals surface area contributed by atoms with E-state index >= 15 is 0 Å². The first kappa shape index (κ1) is 24.2. The number of aromatic amines is 1. The predicted octanol–water partition coefficient (Wildman–Crippen LogP) is 4.04. The molecular weight excluding hydrogens is 580 g/mol. The number of nitrogens with one attached hydrogen (secondary N) is 1. The van der Waals surface area contributed by atoms with Crippen LogP contribution in [0.1, 0.15) is 28.8 Å². The molecule has 0 saturated carbocycles. The number of amides is 2. The lowest BCUT2D eigenvalue weighted by Gasteiger charge is -2.42. The highest BCUT2D eigenvalue weighted by molar-refractivity contribution is 9.11. The molecule has 35 heavy (non-hydrogen) atoms. The molecule has 0 radical (unpaired) electrons. The third-order valence-corrected chi connectivity index (χ3v) is 7.60. The van der Waals surface area contributed by atoms with Crippen molar-refractivity contribution >= 4 is 54.9 Å². The number of carbonyl (C=O) groups excluding carboxylic acids is 2. The molecule has 3 aromatic rings. The molecule has 9 nitrogen and oxygen atoms in total. The number of halogens is 2. The summed E-state index contributed by atoms with van der Waals surface area (Å²) in [6.45, 7) is 4.64. The van der Waals surface area contributed by atoms with E-state index in [0.29, 0.717) is 30.2 Å². The van der Waals surface area contributed by atoms with Crippen LogP contribution in [0.2, 0.25) is 0 Å². The second kappa shape index (κ2) is 10.6. The number of rotatable bonds is 4. The first-order chi connectivity index (χ1) is 17.0. The van der Waals surface area contributed by atoms with Gasteiger partial charge in [0, 0.05) is 59.8 Å². The van der Waals surface area contributed by atoms with Crippen molar-refractivity contribution in [1.82, 2.24) is 30.1 Å². The van der Waals surface area contributed by atoms with Crippen LogP contribution in [0.3, 0.4) is 0 Å². The van der Waals surface area contributed by atoms with E-state index in [-0.39, 0.29) is 18.6 Å². The number of nitrogens with zero attached hydrogens (tertiary/aromatic N) is 5. The van der Waals surface area contributed by atoms with Crippen LogP contribution >= 0.6 is 31.9 Å². The lowest BCUT2D eigenvalue weighted by atomic mass is 10.0. The lowest BCUT2D eigenvalue weighted by Crippen LogP contribution is -2.54. The molecular formula is C24H26Br2N6O3. The molecule has 0 atom stereocenters. The van der Waals surface area contributed by atoms with E-state index in [9.17, 15) is 9.59 Å². The minimum Gasteiger partial charge on any atom is -0.445 e. The average molecular weight is 606 g/mol. The van der Waals surface area contributed by atoms with Crippen molar-refractivity contribution in [2.24, 2.45) is 0 Å². The maximum Gasteiger partial charge on any atom is 0.410 e. The lowest BCUT2D eigenvalue weighted by molar-refractivity contribution is 0.0394. The molecule has 5 rings (SSSR count). The maximum atomic E-state index is 13.0. The van der Waals surface area contributed by atoms with Gasteiger partial charge < -0.3 is 14.5 Å². The van der Waals surface area contributed by atoms with Crippen molar-refractivity contribution < 1.29 is 14.3 Å². The monoisotopic (exact) mass is 604 g/mol. The number of piperidine rings is 1. The Bertz CT molecular complexity index is 1200. The Balaban J connectivity index is 1.07. The van der Waals surface area contributed by atoms with Crippen molar-refractivity contribution in [2.45, 2.75) is 25.5 Å². The summed E-state index contributed by atoms with van der Waals surface area (Å²) in [4.78, 5) is 31.7. The molecule has 2 fully saturated rings. The summed E-state index contributed by atoms with van der Waals surface area (Å²) in [5, 5.41) is 10.7. The van der Waals surface area contributed by atoms with Gasteiger partial charge in [-0.05, 0) is 54.8 Å². The van der Waals surface area contributed by atoms with Crippen LogP contribution in [0.4, 0.5) is 4.79 Å². The van der Waals surface area contributed by atoms with Gasteiger partial charge in [0.05, 0.1) is 0 Å². The SMILES string of the molecule is O=C(OCc1cc(Br)cc(Br)c1)N1CCN(C2CCN(C(=O)c3ccc4n[nH]nc4c3)CC2)CC1. The highest BCUT2D eigenvalue weighted by atomic mass is 79.9. The average Bonchev–Trinajstić information content (AvgIpc) is 3.34. The molecule has 3 heterocycles. The second-order valence-corrected chi connectivity index (χ2v) is 10.7. The molecule has 184 valence electrons. The number of piperazine rings is 1. The number of H-pyrrole nitrogens is 1. The quantitative estimate of drug-likeness (QED) is 0.482. The van der Waals surface area contributed by atoms with E-state index in [0.717, 1.165) is 59.0 Å². The van der Waals surface area contributed by atoms with E-state index in [1.54, 1.807) is 11.0 Å². The van der Waals surface area contributed by atoms with Crippen molar-refractivity contribution in [3.05, 3.63) is 56.5 Å². The Hall–Kier alpha value is -2.50. The number of hydrogen-bond donors (Lipinski definition) is 1. The van der Waals surface area contributed by atoms with Gasteiger partial charge in [0.25, 0.3) is 5.91 Å². The van der Waals surface area contributed by atoms with Gasteiger partial charge in [0.1, 0.15) is 17.6 Å². The van der Waals surface area contributed by atoms with Crippen molar-refractivity contribution in [3.8, 4) is 0 Å². The second-order valence-electron chi connectivity index (χ2n) is 8.91. The molecule has 11 heteroatoms. The molecule has 1 N–H and O–H groups in total. The number of benzene rings is 2. The van der Waals surface area contributed by atoms with E-state index in [1.165, 1.54) is 0 Å². The molecule has 0 unspecified atom stereocenters. The van der Waals surface area contributed by atoms with Crippen LogP contribution < -0.4 is 0 Å². The summed E-state index contributed by atoms with van der Waals surface area (Å²) < 4.78 is 7.41. The van der Waals surface area contributed by atoms with Crippen LogP contribution in [-0.2, 0) is 11.3 Å². The largest absolute Gasteiger partial charge is 0.445 e. The van der Waals surface area contributed by atoms with Crippen LogP contribution in [0.15, 0.2) is 45.3 Å². The molecule has 2 aliphatic rings. The minimum absolute atomic E-state index is 0.0402. The van der Waals surface area contributed by atoms with Gasteiger partial charge in [-0.1, -0.05) is 31.9 Å². The predicted molar refractivity (Wildman–Crippen MR) is 138 cm³/mol. The summed E-state index contributed by atoms with van der Waals surface area (Å²) >= 11 is 6.91. The number of ether oxygens (including phenoxy) is 1. The summed E-state index contributed by atoms with van der Waals surface area (Å²) in [6.07, 6.45) is 1.59. The van der Waals surface area contributed by atoms with E-state index in [1.807, 2.05) is 35.2 Å². The van der Waals surface area contributed by atoms with Gasteiger partial charge in [-0.3, -0.25) is 9.69 Å². The number of likely N-dealkylation sites (tertiary alicyclic amines) is 1. The fourth-order valence-electron chi connectivity index (χ4n) is 4.79. The molecule has 2 aliphatic heterocycles. The Kier molecular flexibility index (Phi) is 7.35. The van der Waals surface area contributed by atoms with Gasteiger partial charge in [-0.2, -0.15) is 15.4 Å². The number of fused-ring (bicyclic) bond motifs is 1. The normalized spacial score (nSPS) is 17.7. The van der Waals surface area contributed by atoms with Gasteiger partial charge >= 0.3 is 6.09 Å². The summed E-state index contributed by atoms with van der Waals surface area (Å²) in [7, 11) is 0. The zero-order valence-corrected chi connectivity index (χ0v) is 22.3. The fraction of sp³-hybridized carbons (Fsp3) is 0.417. The van der Waals surface area contributed by atoms with Crippen molar-refractivity contribution in [3.63, 3.8) is 0 Å². The highest BCUT2D eigenvalue weighted by Crippen LogP contribution is 2.23. The van der Waals surface area contributed by atoms with Crippen LogP contribution in [0.25, 0.3) is 11.0 Å². The number of aromatic nitrogens is 3. The fourth-order valence-corrected chi connectivity index (χ4v) is 6.18. The van der Waals surface area contributed by atoms with Gasteiger partial charge in [0.2, 0.25) is 0 Å². The molecule has 2 saturated heterocycles. The molecule has 0 bridgehead atoms. The first-order valence-electron chi connectivity index (χ1n) is 11.7. The topological polar surface area (TPSA) is 94.7 Å². The Morgan fingerprint density at radius 2 is 1.57 bits per heavy atom. The van der Waals surface area contributed by atoms with Gasteiger partial charge in [-0.25, -0.2) is 4.79 Å². The van der Waals surface area contributed by atoms with E-state index in [4.69, 9.17) is 4.74 Å².